The fourth-order valence-corrected chi connectivity index (χ4v) is 3.88. The highest BCUT2D eigenvalue weighted by Gasteiger charge is 2.16. The number of hydrogen-bond donors (Lipinski definition) is 3. The normalized spacial score (nSPS) is 16.8. The lowest BCUT2D eigenvalue weighted by atomic mass is 10.0. The monoisotopic (exact) mass is 423 g/mol. The quantitative estimate of drug-likeness (QED) is 0.404. The van der Waals surface area contributed by atoms with Crippen molar-refractivity contribution in [1.29, 1.82) is 0 Å². The van der Waals surface area contributed by atoms with E-state index in [1.807, 2.05) is 30.3 Å². The number of piperazine rings is 1. The van der Waals surface area contributed by atoms with Gasteiger partial charge in [-0.3, -0.25) is 14.8 Å². The first kappa shape index (κ1) is 23.3. The summed E-state index contributed by atoms with van der Waals surface area (Å²) in [5, 5.41) is 16.5. The molecule has 1 unspecified atom stereocenters. The van der Waals surface area contributed by atoms with Crippen LogP contribution in [0.1, 0.15) is 24.0 Å². The third-order valence-corrected chi connectivity index (χ3v) is 5.74. The predicted octanol–water partition coefficient (Wildman–Crippen LogP) is 2.14. The molecule has 2 aromatic rings. The van der Waals surface area contributed by atoms with E-state index >= 15 is 0 Å². The maximum atomic E-state index is 9.76. The Labute approximate surface area is 187 Å². The molecule has 0 amide bonds. The first-order chi connectivity index (χ1) is 15.3. The smallest absolute Gasteiger partial charge is 0.191 e. The van der Waals surface area contributed by atoms with Gasteiger partial charge < -0.3 is 15.7 Å². The number of rotatable bonds is 10. The molecule has 6 heteroatoms. The van der Waals surface area contributed by atoms with Gasteiger partial charge in [0.25, 0.3) is 0 Å². The summed E-state index contributed by atoms with van der Waals surface area (Å²) in [6.07, 6.45) is 0. The van der Waals surface area contributed by atoms with Crippen molar-refractivity contribution in [2.45, 2.75) is 19.4 Å². The maximum absolute atomic E-state index is 9.76. The van der Waals surface area contributed by atoms with Crippen molar-refractivity contribution in [1.82, 2.24) is 20.4 Å². The van der Waals surface area contributed by atoms with E-state index in [0.29, 0.717) is 6.54 Å². The number of benzene rings is 2. The number of nitrogens with one attached hydrogen (secondary N) is 2. The number of nitrogens with zero attached hydrogens (tertiary/aromatic N) is 3. The summed E-state index contributed by atoms with van der Waals surface area (Å²) in [5.74, 6) is 0.842. The van der Waals surface area contributed by atoms with Crippen LogP contribution in [0.5, 0.6) is 0 Å². The third kappa shape index (κ3) is 7.98. The zero-order valence-corrected chi connectivity index (χ0v) is 18.7. The molecule has 1 atom stereocenters. The minimum absolute atomic E-state index is 0.0225. The van der Waals surface area contributed by atoms with E-state index in [2.05, 4.69) is 57.7 Å². The molecular formula is C25H37N5O. The minimum Gasteiger partial charge on any atom is -0.396 e. The summed E-state index contributed by atoms with van der Waals surface area (Å²) in [7, 11) is 0. The molecule has 3 rings (SSSR count). The summed E-state index contributed by atoms with van der Waals surface area (Å²) in [5.41, 5.74) is 2.51. The Kier molecular flexibility index (Phi) is 9.83. The second kappa shape index (κ2) is 13.1. The minimum atomic E-state index is 0.0225. The van der Waals surface area contributed by atoms with E-state index < -0.39 is 0 Å². The number of guanidine groups is 1. The van der Waals surface area contributed by atoms with Crippen molar-refractivity contribution < 1.29 is 5.11 Å². The lowest BCUT2D eigenvalue weighted by Crippen LogP contribution is -2.49. The summed E-state index contributed by atoms with van der Waals surface area (Å²) >= 11 is 0. The lowest BCUT2D eigenvalue weighted by Gasteiger charge is -2.34. The van der Waals surface area contributed by atoms with Crippen molar-refractivity contribution in [3.63, 3.8) is 0 Å². The molecule has 1 fully saturated rings. The Hall–Kier alpha value is -2.41. The Balaban J connectivity index is 1.40. The van der Waals surface area contributed by atoms with E-state index in [4.69, 9.17) is 4.99 Å². The van der Waals surface area contributed by atoms with Gasteiger partial charge in [-0.1, -0.05) is 60.7 Å². The Morgan fingerprint density at radius 2 is 1.58 bits per heavy atom. The standard InChI is InChI=1S/C25H37N5O/c1-2-26-25(28-19-24(21-31)23-11-7-4-8-12-23)27-13-14-29-15-17-30(18-16-29)20-22-9-5-3-6-10-22/h3-12,24,31H,2,13-21H2,1H3,(H2,26,27,28). The third-order valence-electron chi connectivity index (χ3n) is 5.74. The Morgan fingerprint density at radius 3 is 2.23 bits per heavy atom. The molecule has 3 N–H and O–H groups in total. The van der Waals surface area contributed by atoms with Crippen LogP contribution in [-0.4, -0.2) is 79.8 Å². The van der Waals surface area contributed by atoms with Crippen LogP contribution in [0.15, 0.2) is 65.7 Å². The highest BCUT2D eigenvalue weighted by atomic mass is 16.3. The van der Waals surface area contributed by atoms with Crippen molar-refractivity contribution in [3.05, 3.63) is 71.8 Å². The van der Waals surface area contributed by atoms with Crippen molar-refractivity contribution >= 4 is 5.96 Å². The van der Waals surface area contributed by atoms with Gasteiger partial charge in [-0.15, -0.1) is 0 Å². The molecule has 0 saturated carbocycles. The van der Waals surface area contributed by atoms with Crippen molar-refractivity contribution in [3.8, 4) is 0 Å². The second-order valence-electron chi connectivity index (χ2n) is 8.04. The fourth-order valence-electron chi connectivity index (χ4n) is 3.88. The number of hydrogen-bond acceptors (Lipinski definition) is 4. The molecule has 168 valence electrons. The lowest BCUT2D eigenvalue weighted by molar-refractivity contribution is 0.129. The van der Waals surface area contributed by atoms with Crippen LogP contribution in [-0.2, 0) is 6.54 Å². The van der Waals surface area contributed by atoms with Crippen LogP contribution >= 0.6 is 0 Å². The first-order valence-corrected chi connectivity index (χ1v) is 11.4. The number of aliphatic hydroxyl groups excluding tert-OH is 1. The SMILES string of the molecule is CCNC(=NCC(CO)c1ccccc1)NCCN1CCN(Cc2ccccc2)CC1. The topological polar surface area (TPSA) is 63.1 Å². The Morgan fingerprint density at radius 1 is 0.935 bits per heavy atom. The van der Waals surface area contributed by atoms with Gasteiger partial charge in [0, 0.05) is 58.3 Å². The molecule has 1 aliphatic rings. The van der Waals surface area contributed by atoms with E-state index in [-0.39, 0.29) is 12.5 Å². The van der Waals surface area contributed by atoms with Crippen LogP contribution in [0.25, 0.3) is 0 Å². The maximum Gasteiger partial charge on any atom is 0.191 e. The van der Waals surface area contributed by atoms with Gasteiger partial charge in [-0.25, -0.2) is 0 Å². The molecule has 0 radical (unpaired) electrons. The molecule has 6 nitrogen and oxygen atoms in total. The van der Waals surface area contributed by atoms with Gasteiger partial charge in [0.05, 0.1) is 13.2 Å². The molecule has 0 spiro atoms. The van der Waals surface area contributed by atoms with E-state index in [9.17, 15) is 5.11 Å². The molecule has 1 aliphatic heterocycles. The van der Waals surface area contributed by atoms with E-state index in [1.54, 1.807) is 0 Å². The van der Waals surface area contributed by atoms with Crippen LogP contribution in [0, 0.1) is 0 Å². The zero-order valence-electron chi connectivity index (χ0n) is 18.7. The Bertz CT molecular complexity index is 760. The van der Waals surface area contributed by atoms with Crippen molar-refractivity contribution in [2.24, 2.45) is 4.99 Å². The van der Waals surface area contributed by atoms with E-state index in [1.165, 1.54) is 5.56 Å². The van der Waals surface area contributed by atoms with Crippen molar-refractivity contribution in [2.75, 3.05) is 59.0 Å². The van der Waals surface area contributed by atoms with Crippen LogP contribution in [0.4, 0.5) is 0 Å². The molecule has 1 heterocycles. The van der Waals surface area contributed by atoms with Gasteiger partial charge in [0.15, 0.2) is 5.96 Å². The van der Waals surface area contributed by atoms with E-state index in [0.717, 1.165) is 63.9 Å². The molecule has 0 aromatic heterocycles. The summed E-state index contributed by atoms with van der Waals surface area (Å²) in [4.78, 5) is 9.75. The average molecular weight is 424 g/mol. The van der Waals surface area contributed by atoms with Gasteiger partial charge in [0.1, 0.15) is 0 Å². The summed E-state index contributed by atoms with van der Waals surface area (Å²) in [6, 6.07) is 20.8. The summed E-state index contributed by atoms with van der Waals surface area (Å²) < 4.78 is 0. The van der Waals surface area contributed by atoms with Crippen LogP contribution < -0.4 is 10.6 Å². The van der Waals surface area contributed by atoms with Gasteiger partial charge >= 0.3 is 0 Å². The largest absolute Gasteiger partial charge is 0.396 e. The predicted molar refractivity (Wildman–Crippen MR) is 128 cm³/mol. The first-order valence-electron chi connectivity index (χ1n) is 11.4. The highest BCUT2D eigenvalue weighted by molar-refractivity contribution is 5.79. The number of aliphatic imine (C=N–C) groups is 1. The molecular weight excluding hydrogens is 386 g/mol. The van der Waals surface area contributed by atoms with Crippen LogP contribution in [0.2, 0.25) is 0 Å². The van der Waals surface area contributed by atoms with Crippen LogP contribution in [0.3, 0.4) is 0 Å². The number of aliphatic hydroxyl groups is 1. The summed E-state index contributed by atoms with van der Waals surface area (Å²) in [6.45, 7) is 10.9. The molecule has 31 heavy (non-hydrogen) atoms. The van der Waals surface area contributed by atoms with Gasteiger partial charge in [-0.05, 0) is 18.1 Å². The fraction of sp³-hybridized carbons (Fsp3) is 0.480. The van der Waals surface area contributed by atoms with Gasteiger partial charge in [0.2, 0.25) is 0 Å². The second-order valence-corrected chi connectivity index (χ2v) is 8.04. The molecule has 0 aliphatic carbocycles. The van der Waals surface area contributed by atoms with Gasteiger partial charge in [-0.2, -0.15) is 0 Å². The highest BCUT2D eigenvalue weighted by Crippen LogP contribution is 2.15. The molecule has 0 bridgehead atoms. The molecule has 2 aromatic carbocycles. The zero-order chi connectivity index (χ0) is 21.7. The molecule has 1 saturated heterocycles. The average Bonchev–Trinajstić information content (AvgIpc) is 2.82.